The molecule has 0 saturated carbocycles. The van der Waals surface area contributed by atoms with Crippen LogP contribution in [0.15, 0.2) is 115 Å². The molecule has 0 saturated heterocycles. The molecule has 4 rings (SSSR count). The molecule has 0 aromatic heterocycles. The van der Waals surface area contributed by atoms with Crippen LogP contribution in [0.25, 0.3) is 6.08 Å². The quantitative estimate of drug-likeness (QED) is 0.234. The first-order valence-corrected chi connectivity index (χ1v) is 12.0. The number of carboxylic acids is 1. The zero-order chi connectivity index (χ0) is 26.6. The van der Waals surface area contributed by atoms with Gasteiger partial charge in [0, 0.05) is 11.6 Å². The zero-order valence-electron chi connectivity index (χ0n) is 20.6. The van der Waals surface area contributed by atoms with E-state index in [2.05, 4.69) is 5.32 Å². The molecule has 0 atom stereocenters. The van der Waals surface area contributed by atoms with Gasteiger partial charge in [0.1, 0.15) is 37.0 Å². The van der Waals surface area contributed by atoms with Crippen LogP contribution in [0.4, 0.5) is 4.79 Å². The molecular weight excluding hydrogens is 482 g/mol. The first-order valence-electron chi connectivity index (χ1n) is 12.0. The number of nitrogens with one attached hydrogen (secondary N) is 1. The molecule has 0 aliphatic carbocycles. The Morgan fingerprint density at radius 2 is 1.21 bits per heavy atom. The molecule has 192 valence electrons. The Morgan fingerprint density at radius 3 is 1.76 bits per heavy atom. The van der Waals surface area contributed by atoms with Gasteiger partial charge in [-0.25, -0.2) is 9.59 Å². The SMILES string of the molecule is O=C(NC(=Cc1ccc(OCc2ccccc2)cc1OCc1ccccc1)C(=O)O)OCc1ccccc1. The molecule has 0 fully saturated rings. The van der Waals surface area contributed by atoms with Crippen molar-refractivity contribution in [3.05, 3.63) is 137 Å². The van der Waals surface area contributed by atoms with Gasteiger partial charge < -0.3 is 19.3 Å². The summed E-state index contributed by atoms with van der Waals surface area (Å²) in [5.41, 5.74) is 2.83. The van der Waals surface area contributed by atoms with Gasteiger partial charge in [-0.05, 0) is 34.9 Å². The molecule has 1 amide bonds. The fourth-order valence-electron chi connectivity index (χ4n) is 3.50. The summed E-state index contributed by atoms with van der Waals surface area (Å²) >= 11 is 0. The Kier molecular flexibility index (Phi) is 9.12. The predicted molar refractivity (Wildman–Crippen MR) is 143 cm³/mol. The molecule has 7 heteroatoms. The van der Waals surface area contributed by atoms with Crippen LogP contribution < -0.4 is 14.8 Å². The number of amides is 1. The van der Waals surface area contributed by atoms with Crippen LogP contribution in [0.5, 0.6) is 11.5 Å². The van der Waals surface area contributed by atoms with Crippen LogP contribution >= 0.6 is 0 Å². The average Bonchev–Trinajstić information content (AvgIpc) is 2.96. The maximum absolute atomic E-state index is 12.3. The van der Waals surface area contributed by atoms with Gasteiger partial charge in [0.15, 0.2) is 0 Å². The second-order valence-corrected chi connectivity index (χ2v) is 8.30. The van der Waals surface area contributed by atoms with E-state index in [0.717, 1.165) is 16.7 Å². The van der Waals surface area contributed by atoms with Gasteiger partial charge in [-0.3, -0.25) is 5.32 Å². The van der Waals surface area contributed by atoms with E-state index in [1.54, 1.807) is 30.3 Å². The Labute approximate surface area is 220 Å². The molecule has 38 heavy (non-hydrogen) atoms. The van der Waals surface area contributed by atoms with E-state index < -0.39 is 12.1 Å². The molecular formula is C31H27NO6. The number of carbonyl (C=O) groups is 2. The van der Waals surface area contributed by atoms with Crippen molar-refractivity contribution < 1.29 is 28.9 Å². The Bertz CT molecular complexity index is 1370. The lowest BCUT2D eigenvalue weighted by molar-refractivity contribution is -0.132. The molecule has 7 nitrogen and oxygen atoms in total. The minimum atomic E-state index is -1.32. The lowest BCUT2D eigenvalue weighted by Gasteiger charge is -2.14. The average molecular weight is 510 g/mol. The van der Waals surface area contributed by atoms with E-state index in [0.29, 0.717) is 23.7 Å². The maximum atomic E-state index is 12.3. The first kappa shape index (κ1) is 26.0. The first-order chi connectivity index (χ1) is 18.6. The molecule has 4 aromatic carbocycles. The number of carboxylic acid groups (broad SMARTS) is 1. The van der Waals surface area contributed by atoms with E-state index in [9.17, 15) is 14.7 Å². The van der Waals surface area contributed by atoms with Crippen molar-refractivity contribution >= 4 is 18.1 Å². The van der Waals surface area contributed by atoms with Gasteiger partial charge in [-0.1, -0.05) is 91.0 Å². The van der Waals surface area contributed by atoms with E-state index in [-0.39, 0.29) is 18.9 Å². The van der Waals surface area contributed by atoms with Crippen molar-refractivity contribution in [2.24, 2.45) is 0 Å². The molecule has 0 aliphatic rings. The minimum absolute atomic E-state index is 0.0124. The van der Waals surface area contributed by atoms with E-state index in [1.807, 2.05) is 78.9 Å². The molecule has 0 heterocycles. The zero-order valence-corrected chi connectivity index (χ0v) is 20.6. The highest BCUT2D eigenvalue weighted by Gasteiger charge is 2.15. The highest BCUT2D eigenvalue weighted by molar-refractivity contribution is 5.96. The number of rotatable bonds is 11. The molecule has 0 bridgehead atoms. The van der Waals surface area contributed by atoms with Crippen molar-refractivity contribution in [3.8, 4) is 11.5 Å². The molecule has 0 radical (unpaired) electrons. The lowest BCUT2D eigenvalue weighted by Crippen LogP contribution is -2.27. The van der Waals surface area contributed by atoms with Gasteiger partial charge in [0.05, 0.1) is 0 Å². The van der Waals surface area contributed by atoms with Gasteiger partial charge in [0.25, 0.3) is 0 Å². The van der Waals surface area contributed by atoms with Crippen LogP contribution in [0.3, 0.4) is 0 Å². The van der Waals surface area contributed by atoms with E-state index in [4.69, 9.17) is 14.2 Å². The second kappa shape index (κ2) is 13.3. The second-order valence-electron chi connectivity index (χ2n) is 8.30. The minimum Gasteiger partial charge on any atom is -0.489 e. The van der Waals surface area contributed by atoms with E-state index >= 15 is 0 Å². The lowest BCUT2D eigenvalue weighted by atomic mass is 10.1. The maximum Gasteiger partial charge on any atom is 0.412 e. The summed E-state index contributed by atoms with van der Waals surface area (Å²) in [6.45, 7) is 0.639. The topological polar surface area (TPSA) is 94.1 Å². The third-order valence-corrected chi connectivity index (χ3v) is 5.45. The number of aliphatic carboxylic acids is 1. The molecule has 0 aliphatic heterocycles. The summed E-state index contributed by atoms with van der Waals surface area (Å²) in [5.74, 6) is -0.362. The highest BCUT2D eigenvalue weighted by atomic mass is 16.5. The third-order valence-electron chi connectivity index (χ3n) is 5.45. The van der Waals surface area contributed by atoms with Gasteiger partial charge in [0.2, 0.25) is 0 Å². The standard InChI is InChI=1S/C31H27NO6/c33-30(34)28(32-31(35)38-22-25-14-8-3-9-15-25)18-26-16-17-27(36-20-23-10-4-1-5-11-23)19-29(26)37-21-24-12-6-2-7-13-24/h1-19H,20-22H2,(H,32,35)(H,33,34). The fourth-order valence-corrected chi connectivity index (χ4v) is 3.50. The van der Waals surface area contributed by atoms with Gasteiger partial charge in [-0.15, -0.1) is 0 Å². The summed E-state index contributed by atoms with van der Waals surface area (Å²) in [6.07, 6.45) is 0.449. The largest absolute Gasteiger partial charge is 0.489 e. The predicted octanol–water partition coefficient (Wildman–Crippen LogP) is 6.20. The number of hydrogen-bond donors (Lipinski definition) is 2. The van der Waals surface area contributed by atoms with Gasteiger partial charge in [-0.2, -0.15) is 0 Å². The van der Waals surface area contributed by atoms with Gasteiger partial charge >= 0.3 is 12.1 Å². The van der Waals surface area contributed by atoms with E-state index in [1.165, 1.54) is 6.08 Å². The molecule has 2 N–H and O–H groups in total. The van der Waals surface area contributed by atoms with Crippen molar-refractivity contribution in [1.29, 1.82) is 0 Å². The Balaban J connectivity index is 1.52. The summed E-state index contributed by atoms with van der Waals surface area (Å²) in [5, 5.41) is 12.0. The summed E-state index contributed by atoms with van der Waals surface area (Å²) < 4.78 is 17.1. The van der Waals surface area contributed by atoms with Crippen LogP contribution in [0.1, 0.15) is 22.3 Å². The van der Waals surface area contributed by atoms with Crippen LogP contribution in [0, 0.1) is 0 Å². The fraction of sp³-hybridized carbons (Fsp3) is 0.0968. The van der Waals surface area contributed by atoms with Crippen molar-refractivity contribution in [2.75, 3.05) is 0 Å². The summed E-state index contributed by atoms with van der Waals surface area (Å²) in [7, 11) is 0. The van der Waals surface area contributed by atoms with Crippen molar-refractivity contribution in [2.45, 2.75) is 19.8 Å². The highest BCUT2D eigenvalue weighted by Crippen LogP contribution is 2.28. The number of carbonyl (C=O) groups excluding carboxylic acids is 1. The monoisotopic (exact) mass is 509 g/mol. The Morgan fingerprint density at radius 1 is 0.684 bits per heavy atom. The molecule has 0 spiro atoms. The van der Waals surface area contributed by atoms with Crippen molar-refractivity contribution in [3.63, 3.8) is 0 Å². The summed E-state index contributed by atoms with van der Waals surface area (Å²) in [6, 6.07) is 33.5. The number of ether oxygens (including phenoxy) is 3. The summed E-state index contributed by atoms with van der Waals surface area (Å²) in [4.78, 5) is 24.2. The number of alkyl carbamates (subject to hydrolysis) is 1. The molecule has 4 aromatic rings. The Hall–Kier alpha value is -5.04. The van der Waals surface area contributed by atoms with Crippen LogP contribution in [-0.2, 0) is 29.4 Å². The third kappa shape index (κ3) is 7.99. The number of benzene rings is 4. The van der Waals surface area contributed by atoms with Crippen LogP contribution in [0.2, 0.25) is 0 Å². The normalized spacial score (nSPS) is 10.9. The molecule has 0 unspecified atom stereocenters. The van der Waals surface area contributed by atoms with Crippen molar-refractivity contribution in [1.82, 2.24) is 5.32 Å². The number of hydrogen-bond acceptors (Lipinski definition) is 5. The smallest absolute Gasteiger partial charge is 0.412 e. The van der Waals surface area contributed by atoms with Crippen LogP contribution in [-0.4, -0.2) is 17.2 Å².